The standard InChI is InChI=1S/C44H51N3O10S/c1-3-40(48)53-26-9-5-4-8-25-52-34-17-19-35(20-18-34)56-42(49)31-13-15-32(16-14-31)43(50)57-38-22-21-36(51-2)29-33(38)30-45-47(24-23-41-54-27-10-28-55-41)44-46-37-11-6-7-12-39(37)58-44/h3,6-7,11-12,17-22,29-32,41H,1,4-5,8-10,13-16,23-28H2,2H3/b45-30+/t31-,32-. The molecular formula is C44H51N3O10S. The number of hydrogen-bond donors (Lipinski definition) is 0. The summed E-state index contributed by atoms with van der Waals surface area (Å²) in [4.78, 5) is 42.5. The molecule has 6 rings (SSSR count). The van der Waals surface area contributed by atoms with Crippen molar-refractivity contribution in [1.82, 2.24) is 4.98 Å². The number of thiazole rings is 1. The number of aromatic nitrogens is 1. The minimum absolute atomic E-state index is 0.313. The largest absolute Gasteiger partial charge is 0.497 e. The molecule has 1 saturated carbocycles. The second kappa shape index (κ2) is 22.0. The Labute approximate surface area is 342 Å². The maximum absolute atomic E-state index is 13.5. The van der Waals surface area contributed by atoms with Gasteiger partial charge in [-0.25, -0.2) is 14.8 Å². The molecule has 1 aliphatic carbocycles. The number of carbonyl (C=O) groups excluding carboxylic acids is 3. The van der Waals surface area contributed by atoms with Crippen molar-refractivity contribution >= 4 is 50.8 Å². The number of ether oxygens (including phenoxy) is 7. The topological polar surface area (TPSA) is 144 Å². The summed E-state index contributed by atoms with van der Waals surface area (Å²) in [6.45, 7) is 6.14. The molecule has 0 unspecified atom stereocenters. The lowest BCUT2D eigenvalue weighted by Crippen LogP contribution is -2.30. The van der Waals surface area contributed by atoms with E-state index in [9.17, 15) is 14.4 Å². The van der Waals surface area contributed by atoms with Crippen molar-refractivity contribution in [3.63, 3.8) is 0 Å². The van der Waals surface area contributed by atoms with Gasteiger partial charge in [0.05, 0.1) is 61.8 Å². The molecule has 0 bridgehead atoms. The highest BCUT2D eigenvalue weighted by molar-refractivity contribution is 7.22. The zero-order chi connectivity index (χ0) is 40.5. The van der Waals surface area contributed by atoms with Crippen molar-refractivity contribution in [3.05, 3.63) is 84.9 Å². The molecule has 0 N–H and O–H groups in total. The SMILES string of the molecule is C=CC(=O)OCCCCCCOc1ccc(OC(=O)[C@H]2CC[C@H](C(=O)Oc3ccc(OC)cc3/C=N/N(CCC3OCCCO3)c3nc4ccccc4s3)CC2)cc1. The molecule has 308 valence electrons. The van der Waals surface area contributed by atoms with Crippen LogP contribution in [0.4, 0.5) is 5.13 Å². The summed E-state index contributed by atoms with van der Waals surface area (Å²) in [7, 11) is 1.58. The van der Waals surface area contributed by atoms with Gasteiger partial charge in [-0.1, -0.05) is 30.0 Å². The van der Waals surface area contributed by atoms with Crippen molar-refractivity contribution < 1.29 is 47.5 Å². The summed E-state index contributed by atoms with van der Waals surface area (Å²) in [5.41, 5.74) is 1.45. The molecule has 1 aliphatic heterocycles. The van der Waals surface area contributed by atoms with Crippen LogP contribution in [0.15, 0.2) is 84.5 Å². The molecule has 0 amide bonds. The van der Waals surface area contributed by atoms with Gasteiger partial charge >= 0.3 is 17.9 Å². The fourth-order valence-electron chi connectivity index (χ4n) is 6.62. The number of benzene rings is 3. The van der Waals surface area contributed by atoms with Crippen LogP contribution >= 0.6 is 11.3 Å². The van der Waals surface area contributed by atoms with Crippen LogP contribution in [-0.4, -0.2) is 75.5 Å². The summed E-state index contributed by atoms with van der Waals surface area (Å²) < 4.78 is 40.6. The third-order valence-corrected chi connectivity index (χ3v) is 10.9. The van der Waals surface area contributed by atoms with Gasteiger partial charge in [0.2, 0.25) is 5.13 Å². The third kappa shape index (κ3) is 12.6. The van der Waals surface area contributed by atoms with Crippen LogP contribution < -0.4 is 24.0 Å². The van der Waals surface area contributed by atoms with Crippen LogP contribution in [0.5, 0.6) is 23.0 Å². The maximum atomic E-state index is 13.5. The average molecular weight is 814 g/mol. The number of hydrazone groups is 1. The van der Waals surface area contributed by atoms with E-state index in [-0.39, 0.29) is 30.1 Å². The fourth-order valence-corrected chi connectivity index (χ4v) is 7.57. The number of esters is 3. The Hall–Kier alpha value is -5.31. The van der Waals surface area contributed by atoms with Gasteiger partial charge in [-0.05, 0) is 112 Å². The van der Waals surface area contributed by atoms with Gasteiger partial charge in [0.15, 0.2) is 6.29 Å². The zero-order valence-electron chi connectivity index (χ0n) is 32.9. The Kier molecular flexibility index (Phi) is 16.0. The molecule has 2 aliphatic rings. The highest BCUT2D eigenvalue weighted by Gasteiger charge is 2.32. The zero-order valence-corrected chi connectivity index (χ0v) is 33.7. The molecule has 4 aromatic rings. The Morgan fingerprint density at radius 1 is 0.862 bits per heavy atom. The Balaban J connectivity index is 0.985. The molecule has 1 saturated heterocycles. The van der Waals surface area contributed by atoms with Crippen molar-refractivity contribution in [3.8, 4) is 23.0 Å². The number of para-hydroxylation sites is 1. The molecule has 14 heteroatoms. The first-order chi connectivity index (χ1) is 28.4. The van der Waals surface area contributed by atoms with Gasteiger partial charge < -0.3 is 33.2 Å². The first-order valence-electron chi connectivity index (χ1n) is 19.9. The number of fused-ring (bicyclic) bond motifs is 1. The molecular weight excluding hydrogens is 763 g/mol. The number of rotatable bonds is 20. The Morgan fingerprint density at radius 3 is 2.24 bits per heavy atom. The Morgan fingerprint density at radius 2 is 1.53 bits per heavy atom. The highest BCUT2D eigenvalue weighted by Crippen LogP contribution is 2.34. The van der Waals surface area contributed by atoms with E-state index in [0.717, 1.165) is 53.5 Å². The number of anilines is 1. The monoisotopic (exact) mass is 813 g/mol. The number of methoxy groups -OCH3 is 1. The van der Waals surface area contributed by atoms with Crippen molar-refractivity contribution in [2.24, 2.45) is 16.9 Å². The van der Waals surface area contributed by atoms with E-state index < -0.39 is 5.97 Å². The van der Waals surface area contributed by atoms with E-state index in [1.54, 1.807) is 55.8 Å². The van der Waals surface area contributed by atoms with E-state index >= 15 is 0 Å². The lowest BCUT2D eigenvalue weighted by atomic mass is 9.82. The van der Waals surface area contributed by atoms with Gasteiger partial charge in [0.1, 0.15) is 23.0 Å². The molecule has 0 radical (unpaired) electrons. The van der Waals surface area contributed by atoms with E-state index in [1.807, 2.05) is 29.3 Å². The molecule has 0 spiro atoms. The summed E-state index contributed by atoms with van der Waals surface area (Å²) in [6.07, 6.45) is 9.55. The van der Waals surface area contributed by atoms with Crippen LogP contribution in [0.3, 0.4) is 0 Å². The van der Waals surface area contributed by atoms with E-state index in [0.29, 0.717) is 93.6 Å². The van der Waals surface area contributed by atoms with E-state index in [1.165, 1.54) is 11.3 Å². The number of hydrogen-bond acceptors (Lipinski definition) is 14. The van der Waals surface area contributed by atoms with Crippen molar-refractivity contribution in [2.45, 2.75) is 70.5 Å². The first kappa shape index (κ1) is 42.3. The van der Waals surface area contributed by atoms with Crippen molar-refractivity contribution in [1.29, 1.82) is 0 Å². The second-order valence-electron chi connectivity index (χ2n) is 14.0. The molecule has 3 aromatic carbocycles. The van der Waals surface area contributed by atoms with Gasteiger partial charge in [-0.15, -0.1) is 0 Å². The number of nitrogens with zero attached hydrogens (tertiary/aromatic N) is 3. The number of unbranched alkanes of at least 4 members (excludes halogenated alkanes) is 3. The molecule has 2 heterocycles. The van der Waals surface area contributed by atoms with E-state index in [4.69, 9.17) is 43.2 Å². The molecule has 13 nitrogen and oxygen atoms in total. The minimum atomic E-state index is -0.399. The van der Waals surface area contributed by atoms with Crippen LogP contribution in [0.25, 0.3) is 10.2 Å². The predicted molar refractivity (Wildman–Crippen MR) is 221 cm³/mol. The van der Waals surface area contributed by atoms with Gasteiger partial charge in [0.25, 0.3) is 0 Å². The summed E-state index contributed by atoms with van der Waals surface area (Å²) in [6, 6.07) is 20.2. The molecule has 58 heavy (non-hydrogen) atoms. The van der Waals surface area contributed by atoms with Gasteiger partial charge in [-0.2, -0.15) is 5.10 Å². The predicted octanol–water partition coefficient (Wildman–Crippen LogP) is 8.28. The fraction of sp³-hybridized carbons (Fsp3) is 0.432. The second-order valence-corrected chi connectivity index (χ2v) is 15.1. The van der Waals surface area contributed by atoms with Crippen LogP contribution in [-0.2, 0) is 28.6 Å². The number of carbonyl (C=O) groups is 3. The van der Waals surface area contributed by atoms with Gasteiger partial charge in [-0.3, -0.25) is 9.59 Å². The normalized spacial score (nSPS) is 17.1. The molecule has 0 atom stereocenters. The lowest BCUT2D eigenvalue weighted by Gasteiger charge is -2.26. The van der Waals surface area contributed by atoms with Crippen LogP contribution in [0.2, 0.25) is 0 Å². The quantitative estimate of drug-likeness (QED) is 0.0212. The van der Waals surface area contributed by atoms with Crippen LogP contribution in [0.1, 0.15) is 69.8 Å². The third-order valence-electron chi connectivity index (χ3n) is 9.89. The Bertz CT molecular complexity index is 1950. The highest BCUT2D eigenvalue weighted by atomic mass is 32.1. The smallest absolute Gasteiger partial charge is 0.330 e. The average Bonchev–Trinajstić information content (AvgIpc) is 3.70. The van der Waals surface area contributed by atoms with Crippen LogP contribution in [0, 0.1) is 11.8 Å². The lowest BCUT2D eigenvalue weighted by molar-refractivity contribution is -0.179. The first-order valence-corrected chi connectivity index (χ1v) is 20.7. The van der Waals surface area contributed by atoms with Crippen molar-refractivity contribution in [2.75, 3.05) is 45.1 Å². The van der Waals surface area contributed by atoms with Gasteiger partial charge in [0, 0.05) is 24.6 Å². The summed E-state index contributed by atoms with van der Waals surface area (Å²) in [5, 5.41) is 7.37. The van der Waals surface area contributed by atoms with E-state index in [2.05, 4.69) is 6.58 Å². The maximum Gasteiger partial charge on any atom is 0.330 e. The minimum Gasteiger partial charge on any atom is -0.497 e. The summed E-state index contributed by atoms with van der Waals surface area (Å²) >= 11 is 1.54. The molecule has 2 fully saturated rings. The summed E-state index contributed by atoms with van der Waals surface area (Å²) in [5.74, 6) is 0.331. The molecule has 1 aromatic heterocycles.